The van der Waals surface area contributed by atoms with Gasteiger partial charge in [0.2, 0.25) is 5.89 Å². The molecule has 4 aromatic rings. The number of hydrogen-bond acceptors (Lipinski definition) is 5. The molecular weight excluding hydrogens is 306 g/mol. The van der Waals surface area contributed by atoms with Gasteiger partial charge in [0, 0.05) is 0 Å². The number of nitrogens with one attached hydrogen (secondary N) is 1. The van der Waals surface area contributed by atoms with Crippen molar-refractivity contribution in [3.05, 3.63) is 64.5 Å². The standard InChI is InChI=1S/C17H11N5O2/c1-10-13(16-19-7-8-24-16)17(23)22-15(20-10)14(12(9-18)21-22)11-5-3-2-4-6-11/h2-8,21H,1H3. The molecule has 0 aliphatic rings. The Morgan fingerprint density at radius 3 is 2.71 bits per heavy atom. The Hall–Kier alpha value is -3.66. The first kappa shape index (κ1) is 14.0. The number of hydrogen-bond donors (Lipinski definition) is 1. The number of benzene rings is 1. The van der Waals surface area contributed by atoms with Gasteiger partial charge in [0.15, 0.2) is 5.65 Å². The zero-order valence-corrected chi connectivity index (χ0v) is 12.6. The van der Waals surface area contributed by atoms with Crippen LogP contribution in [0.4, 0.5) is 0 Å². The maximum atomic E-state index is 12.8. The fourth-order valence-electron chi connectivity index (χ4n) is 2.73. The van der Waals surface area contributed by atoms with E-state index in [0.717, 1.165) is 5.56 Å². The Morgan fingerprint density at radius 2 is 2.04 bits per heavy atom. The minimum atomic E-state index is -0.362. The normalized spacial score (nSPS) is 10.8. The Bertz CT molecular complexity index is 1130. The van der Waals surface area contributed by atoms with Crippen molar-refractivity contribution in [1.29, 1.82) is 5.26 Å². The summed E-state index contributed by atoms with van der Waals surface area (Å²) in [7, 11) is 0. The summed E-state index contributed by atoms with van der Waals surface area (Å²) in [6.45, 7) is 1.72. The molecule has 0 amide bonds. The van der Waals surface area contributed by atoms with Gasteiger partial charge < -0.3 is 4.42 Å². The van der Waals surface area contributed by atoms with Crippen LogP contribution in [0.25, 0.3) is 28.2 Å². The Kier molecular flexibility index (Phi) is 3.03. The van der Waals surface area contributed by atoms with E-state index in [1.54, 1.807) is 6.92 Å². The quantitative estimate of drug-likeness (QED) is 0.612. The molecule has 24 heavy (non-hydrogen) atoms. The van der Waals surface area contributed by atoms with Gasteiger partial charge in [-0.05, 0) is 12.5 Å². The van der Waals surface area contributed by atoms with E-state index in [-0.39, 0.29) is 22.7 Å². The number of aromatic amines is 1. The second-order valence-electron chi connectivity index (χ2n) is 5.21. The molecule has 0 aliphatic heterocycles. The Labute approximate surface area is 135 Å². The van der Waals surface area contributed by atoms with Gasteiger partial charge in [-0.2, -0.15) is 9.78 Å². The molecule has 0 saturated carbocycles. The van der Waals surface area contributed by atoms with Crippen LogP contribution >= 0.6 is 0 Å². The van der Waals surface area contributed by atoms with Crippen LogP contribution in [0.5, 0.6) is 0 Å². The number of H-pyrrole nitrogens is 1. The zero-order valence-electron chi connectivity index (χ0n) is 12.6. The van der Waals surface area contributed by atoms with Crippen LogP contribution in [-0.2, 0) is 0 Å². The highest BCUT2D eigenvalue weighted by atomic mass is 16.3. The van der Waals surface area contributed by atoms with E-state index in [2.05, 4.69) is 21.1 Å². The zero-order chi connectivity index (χ0) is 16.7. The van der Waals surface area contributed by atoms with Gasteiger partial charge in [0.05, 0.1) is 17.5 Å². The van der Waals surface area contributed by atoms with Crippen LogP contribution in [0.3, 0.4) is 0 Å². The van der Waals surface area contributed by atoms with Gasteiger partial charge in [-0.15, -0.1) is 0 Å². The summed E-state index contributed by atoms with van der Waals surface area (Å²) >= 11 is 0. The molecule has 7 nitrogen and oxygen atoms in total. The molecule has 0 unspecified atom stereocenters. The highest BCUT2D eigenvalue weighted by Gasteiger charge is 2.21. The first-order valence-corrected chi connectivity index (χ1v) is 7.21. The number of aryl methyl sites for hydroxylation is 1. The molecule has 7 heteroatoms. The van der Waals surface area contributed by atoms with Gasteiger partial charge in [0.25, 0.3) is 5.56 Å². The van der Waals surface area contributed by atoms with Crippen LogP contribution in [0.15, 0.2) is 52.0 Å². The molecule has 0 radical (unpaired) electrons. The van der Waals surface area contributed by atoms with Gasteiger partial charge in [0.1, 0.15) is 23.6 Å². The first-order valence-electron chi connectivity index (χ1n) is 7.21. The summed E-state index contributed by atoms with van der Waals surface area (Å²) in [6.07, 6.45) is 2.86. The third kappa shape index (κ3) is 1.94. The highest BCUT2D eigenvalue weighted by molar-refractivity contribution is 5.82. The predicted octanol–water partition coefficient (Wildman–Crippen LogP) is 2.52. The van der Waals surface area contributed by atoms with E-state index in [0.29, 0.717) is 16.9 Å². The van der Waals surface area contributed by atoms with E-state index in [1.165, 1.54) is 17.0 Å². The fourth-order valence-corrected chi connectivity index (χ4v) is 2.73. The minimum Gasteiger partial charge on any atom is -0.444 e. The van der Waals surface area contributed by atoms with E-state index >= 15 is 0 Å². The first-order chi connectivity index (χ1) is 11.7. The van der Waals surface area contributed by atoms with E-state index in [4.69, 9.17) is 4.42 Å². The monoisotopic (exact) mass is 317 g/mol. The van der Waals surface area contributed by atoms with Crippen LogP contribution in [0.1, 0.15) is 11.4 Å². The predicted molar refractivity (Wildman–Crippen MR) is 86.2 cm³/mol. The molecule has 3 heterocycles. The number of oxazole rings is 1. The van der Waals surface area contributed by atoms with Gasteiger partial charge in [-0.1, -0.05) is 30.3 Å². The fraction of sp³-hybridized carbons (Fsp3) is 0.0588. The van der Waals surface area contributed by atoms with Crippen molar-refractivity contribution in [2.75, 3.05) is 0 Å². The number of nitriles is 1. The van der Waals surface area contributed by atoms with Crippen molar-refractivity contribution in [3.63, 3.8) is 0 Å². The summed E-state index contributed by atoms with van der Waals surface area (Å²) in [5, 5.41) is 12.3. The molecule has 0 spiro atoms. The average molecular weight is 317 g/mol. The van der Waals surface area contributed by atoms with E-state index in [1.807, 2.05) is 30.3 Å². The Morgan fingerprint density at radius 1 is 1.25 bits per heavy atom. The molecule has 0 saturated heterocycles. The second kappa shape index (κ2) is 5.21. The largest absolute Gasteiger partial charge is 0.444 e. The van der Waals surface area contributed by atoms with Crippen molar-refractivity contribution in [1.82, 2.24) is 19.6 Å². The average Bonchev–Trinajstić information content (AvgIpc) is 3.23. The summed E-state index contributed by atoms with van der Waals surface area (Å²) in [6, 6.07) is 11.4. The third-order valence-electron chi connectivity index (χ3n) is 3.78. The maximum absolute atomic E-state index is 12.8. The van der Waals surface area contributed by atoms with E-state index < -0.39 is 0 Å². The molecule has 1 aromatic carbocycles. The van der Waals surface area contributed by atoms with Crippen molar-refractivity contribution >= 4 is 5.65 Å². The van der Waals surface area contributed by atoms with E-state index in [9.17, 15) is 10.1 Å². The highest BCUT2D eigenvalue weighted by Crippen LogP contribution is 2.27. The summed E-state index contributed by atoms with van der Waals surface area (Å²) < 4.78 is 6.49. The van der Waals surface area contributed by atoms with Crippen molar-refractivity contribution in [3.8, 4) is 28.7 Å². The van der Waals surface area contributed by atoms with Gasteiger partial charge in [-0.25, -0.2) is 9.97 Å². The minimum absolute atomic E-state index is 0.203. The Balaban J connectivity index is 2.11. The summed E-state index contributed by atoms with van der Waals surface area (Å²) in [4.78, 5) is 21.4. The number of rotatable bonds is 2. The molecule has 4 rings (SSSR count). The lowest BCUT2D eigenvalue weighted by Gasteiger charge is -2.03. The summed E-state index contributed by atoms with van der Waals surface area (Å²) in [5.74, 6) is 0.203. The molecule has 0 bridgehead atoms. The van der Waals surface area contributed by atoms with Crippen LogP contribution < -0.4 is 5.56 Å². The van der Waals surface area contributed by atoms with Crippen molar-refractivity contribution in [2.24, 2.45) is 0 Å². The topological polar surface area (TPSA) is 100.0 Å². The van der Waals surface area contributed by atoms with Gasteiger partial charge in [-0.3, -0.25) is 9.89 Å². The van der Waals surface area contributed by atoms with Crippen LogP contribution in [0, 0.1) is 18.3 Å². The summed E-state index contributed by atoms with van der Waals surface area (Å²) in [5.41, 5.74) is 2.47. The molecule has 0 atom stereocenters. The smallest absolute Gasteiger partial charge is 0.285 e. The molecule has 116 valence electrons. The lowest BCUT2D eigenvalue weighted by Crippen LogP contribution is -2.19. The second-order valence-corrected chi connectivity index (χ2v) is 5.21. The number of aromatic nitrogens is 4. The van der Waals surface area contributed by atoms with Crippen LogP contribution in [0.2, 0.25) is 0 Å². The lowest BCUT2D eigenvalue weighted by atomic mass is 10.1. The number of fused-ring (bicyclic) bond motifs is 1. The molecular formula is C17H11N5O2. The van der Waals surface area contributed by atoms with Crippen molar-refractivity contribution in [2.45, 2.75) is 6.92 Å². The van der Waals surface area contributed by atoms with Crippen molar-refractivity contribution < 1.29 is 4.42 Å². The SMILES string of the molecule is Cc1nc2c(-c3ccccc3)c(C#N)[nH]n2c(=O)c1-c1ncco1. The molecule has 3 aromatic heterocycles. The maximum Gasteiger partial charge on any atom is 0.285 e. The molecule has 0 fully saturated rings. The molecule has 1 N–H and O–H groups in total. The van der Waals surface area contributed by atoms with Crippen LogP contribution in [-0.4, -0.2) is 19.6 Å². The molecule has 0 aliphatic carbocycles. The number of nitrogens with zero attached hydrogens (tertiary/aromatic N) is 4. The lowest BCUT2D eigenvalue weighted by molar-refractivity contribution is 0.572. The third-order valence-corrected chi connectivity index (χ3v) is 3.78. The van der Waals surface area contributed by atoms with Gasteiger partial charge >= 0.3 is 0 Å².